The average molecular weight is 779 g/mol. The van der Waals surface area contributed by atoms with E-state index in [0.717, 1.165) is 33.1 Å². The van der Waals surface area contributed by atoms with E-state index in [2.05, 4.69) is 206 Å². The molecule has 0 aliphatic rings. The zero-order valence-electron chi connectivity index (χ0n) is 32.4. The predicted octanol–water partition coefficient (Wildman–Crippen LogP) is 17.2. The number of hydrogen-bond donors (Lipinski definition) is 0. The smallest absolute Gasteiger partial charge is 0.143 e. The van der Waals surface area contributed by atoms with Crippen molar-refractivity contribution in [3.8, 4) is 44.5 Å². The van der Waals surface area contributed by atoms with E-state index < -0.39 is 0 Å². The van der Waals surface area contributed by atoms with Crippen molar-refractivity contribution in [2.24, 2.45) is 0 Å². The Morgan fingerprint density at radius 2 is 0.717 bits per heavy atom. The zero-order chi connectivity index (χ0) is 39.3. The summed E-state index contributed by atoms with van der Waals surface area (Å²) in [5.74, 6) is 0. The van der Waals surface area contributed by atoms with Crippen LogP contribution in [-0.2, 0) is 0 Å². The van der Waals surface area contributed by atoms with Crippen LogP contribution >= 0.6 is 11.3 Å². The first kappa shape index (κ1) is 33.5. The van der Waals surface area contributed by atoms with Crippen molar-refractivity contribution < 1.29 is 4.42 Å². The van der Waals surface area contributed by atoms with Gasteiger partial charge >= 0.3 is 0 Å². The van der Waals surface area contributed by atoms with Crippen molar-refractivity contribution in [1.82, 2.24) is 0 Å². The summed E-state index contributed by atoms with van der Waals surface area (Å²) in [7, 11) is 0. The van der Waals surface area contributed by atoms with E-state index in [-0.39, 0.29) is 0 Å². The lowest BCUT2D eigenvalue weighted by Crippen LogP contribution is -1.90. The molecular formula is C58H34OS. The van der Waals surface area contributed by atoms with Gasteiger partial charge in [0.2, 0.25) is 0 Å². The maximum Gasteiger partial charge on any atom is 0.143 e. The van der Waals surface area contributed by atoms with Crippen molar-refractivity contribution in [3.63, 3.8) is 0 Å². The number of rotatable bonds is 4. The molecule has 0 spiro atoms. The van der Waals surface area contributed by atoms with Gasteiger partial charge in [0, 0.05) is 42.1 Å². The number of thiophene rings is 1. The van der Waals surface area contributed by atoms with Gasteiger partial charge in [-0.05, 0) is 107 Å². The van der Waals surface area contributed by atoms with E-state index in [0.29, 0.717) is 0 Å². The average Bonchev–Trinajstić information content (AvgIpc) is 3.88. The van der Waals surface area contributed by atoms with Gasteiger partial charge in [0.25, 0.3) is 0 Å². The van der Waals surface area contributed by atoms with Crippen molar-refractivity contribution in [1.29, 1.82) is 0 Å². The summed E-state index contributed by atoms with van der Waals surface area (Å²) in [5.41, 5.74) is 11.5. The Labute approximate surface area is 350 Å². The molecule has 0 N–H and O–H groups in total. The minimum Gasteiger partial charge on any atom is -0.455 e. The monoisotopic (exact) mass is 778 g/mol. The molecule has 13 rings (SSSR count). The van der Waals surface area contributed by atoms with Gasteiger partial charge in [-0.25, -0.2) is 0 Å². The molecule has 0 fully saturated rings. The summed E-state index contributed by atoms with van der Waals surface area (Å²) in [6.45, 7) is 0. The lowest BCUT2D eigenvalue weighted by atomic mass is 9.85. The first-order valence-electron chi connectivity index (χ1n) is 20.6. The van der Waals surface area contributed by atoms with E-state index >= 15 is 0 Å². The number of furan rings is 1. The predicted molar refractivity (Wildman–Crippen MR) is 258 cm³/mol. The molecule has 13 aromatic rings. The van der Waals surface area contributed by atoms with Gasteiger partial charge in [-0.15, -0.1) is 11.3 Å². The highest BCUT2D eigenvalue weighted by Crippen LogP contribution is 2.49. The largest absolute Gasteiger partial charge is 0.455 e. The topological polar surface area (TPSA) is 13.1 Å². The third-order valence-electron chi connectivity index (χ3n) is 12.6. The molecule has 278 valence electrons. The Morgan fingerprint density at radius 3 is 1.32 bits per heavy atom. The number of para-hydroxylation sites is 1. The summed E-state index contributed by atoms with van der Waals surface area (Å²) in [5, 5.41) is 14.7. The molecule has 1 nitrogen and oxygen atoms in total. The molecule has 0 saturated heterocycles. The quantitative estimate of drug-likeness (QED) is 0.162. The summed E-state index contributed by atoms with van der Waals surface area (Å²) >= 11 is 1.87. The van der Waals surface area contributed by atoms with E-state index in [1.54, 1.807) is 0 Å². The Balaban J connectivity index is 1.04. The Bertz CT molecular complexity index is 3770. The summed E-state index contributed by atoms with van der Waals surface area (Å²) in [4.78, 5) is 0. The molecule has 11 aromatic carbocycles. The number of benzene rings is 11. The van der Waals surface area contributed by atoms with E-state index in [9.17, 15) is 0 Å². The van der Waals surface area contributed by atoms with Crippen LogP contribution in [0.2, 0.25) is 0 Å². The van der Waals surface area contributed by atoms with Crippen LogP contribution in [0.15, 0.2) is 211 Å². The lowest BCUT2D eigenvalue weighted by molar-refractivity contribution is 0.670. The SMILES string of the molecule is c1ccc(-c2c3ccccc3c(-c3cccc4c3oc3cc(-c5c6ccccc6c(-c6ccc7sc8ccccc8c7c6)c6ccccc56)ccc34)c3ccccc23)cc1. The second kappa shape index (κ2) is 13.0. The molecule has 0 aliphatic heterocycles. The molecule has 0 aliphatic carbocycles. The van der Waals surface area contributed by atoms with Gasteiger partial charge < -0.3 is 4.42 Å². The second-order valence-electron chi connectivity index (χ2n) is 15.9. The molecular weight excluding hydrogens is 745 g/mol. The third-order valence-corrected chi connectivity index (χ3v) is 13.8. The van der Waals surface area contributed by atoms with Crippen molar-refractivity contribution in [2.45, 2.75) is 0 Å². The minimum atomic E-state index is 0.886. The van der Waals surface area contributed by atoms with E-state index in [1.807, 2.05) is 11.3 Å². The van der Waals surface area contributed by atoms with Crippen LogP contribution in [0, 0.1) is 0 Å². The molecule has 2 heteroatoms. The van der Waals surface area contributed by atoms with Gasteiger partial charge in [-0.1, -0.05) is 176 Å². The molecule has 0 bridgehead atoms. The molecule has 0 amide bonds. The summed E-state index contributed by atoms with van der Waals surface area (Å²) in [6.07, 6.45) is 0. The number of fused-ring (bicyclic) bond motifs is 10. The normalized spacial score (nSPS) is 12.0. The van der Waals surface area contributed by atoms with Gasteiger partial charge in [-0.2, -0.15) is 0 Å². The highest BCUT2D eigenvalue weighted by molar-refractivity contribution is 7.25. The molecule has 60 heavy (non-hydrogen) atoms. The van der Waals surface area contributed by atoms with Gasteiger partial charge in [0.15, 0.2) is 0 Å². The van der Waals surface area contributed by atoms with Crippen LogP contribution in [0.4, 0.5) is 0 Å². The van der Waals surface area contributed by atoms with Crippen molar-refractivity contribution in [3.05, 3.63) is 206 Å². The molecule has 0 unspecified atom stereocenters. The van der Waals surface area contributed by atoms with Gasteiger partial charge in [0.05, 0.1) is 0 Å². The Hall–Kier alpha value is -7.52. The molecule has 2 heterocycles. The van der Waals surface area contributed by atoms with E-state index in [4.69, 9.17) is 4.42 Å². The maximum absolute atomic E-state index is 7.10. The van der Waals surface area contributed by atoms with Crippen LogP contribution in [0.25, 0.3) is 130 Å². The van der Waals surface area contributed by atoms with E-state index in [1.165, 1.54) is 96.6 Å². The van der Waals surface area contributed by atoms with Crippen LogP contribution in [0.5, 0.6) is 0 Å². The Morgan fingerprint density at radius 1 is 0.267 bits per heavy atom. The van der Waals surface area contributed by atoms with Crippen LogP contribution in [0.3, 0.4) is 0 Å². The Kier molecular flexibility index (Phi) is 7.24. The molecule has 2 aromatic heterocycles. The molecule has 0 radical (unpaired) electrons. The summed E-state index contributed by atoms with van der Waals surface area (Å²) in [6, 6.07) is 75.5. The first-order chi connectivity index (χ1) is 29.8. The maximum atomic E-state index is 7.10. The zero-order valence-corrected chi connectivity index (χ0v) is 33.3. The third kappa shape index (κ3) is 4.86. The second-order valence-corrected chi connectivity index (χ2v) is 16.9. The lowest BCUT2D eigenvalue weighted by Gasteiger charge is -2.18. The van der Waals surface area contributed by atoms with Gasteiger partial charge in [0.1, 0.15) is 11.2 Å². The van der Waals surface area contributed by atoms with Crippen molar-refractivity contribution >= 4 is 96.5 Å². The number of hydrogen-bond acceptors (Lipinski definition) is 2. The van der Waals surface area contributed by atoms with Gasteiger partial charge in [-0.3, -0.25) is 0 Å². The van der Waals surface area contributed by atoms with Crippen molar-refractivity contribution in [2.75, 3.05) is 0 Å². The fourth-order valence-corrected chi connectivity index (χ4v) is 11.2. The van der Waals surface area contributed by atoms with Crippen LogP contribution < -0.4 is 0 Å². The first-order valence-corrected chi connectivity index (χ1v) is 21.4. The van der Waals surface area contributed by atoms with Crippen LogP contribution in [0.1, 0.15) is 0 Å². The highest BCUT2D eigenvalue weighted by atomic mass is 32.1. The summed E-state index contributed by atoms with van der Waals surface area (Å²) < 4.78 is 9.74. The van der Waals surface area contributed by atoms with Crippen LogP contribution in [-0.4, -0.2) is 0 Å². The fraction of sp³-hybridized carbons (Fsp3) is 0. The molecule has 0 atom stereocenters. The standard InChI is InChI=1S/C58H34OS/c1-2-15-35(16-3-1)54-44-22-8-10-24-46(44)57(47-25-11-9-23-45(47)54)49-27-14-26-48-38-31-29-37(34-51(38)59-58(48)49)56-42-20-6-4-18-40(42)55(41-19-5-7-21-43(41)56)36-30-32-53-50(33-36)39-17-12-13-28-52(39)60-53/h1-34H. The molecule has 0 saturated carbocycles. The minimum absolute atomic E-state index is 0.886. The fourth-order valence-electron chi connectivity index (χ4n) is 10.1. The highest BCUT2D eigenvalue weighted by Gasteiger charge is 2.22.